The van der Waals surface area contributed by atoms with Crippen LogP contribution in [0.3, 0.4) is 0 Å². The highest BCUT2D eigenvalue weighted by Crippen LogP contribution is 2.19. The van der Waals surface area contributed by atoms with Crippen molar-refractivity contribution in [2.75, 3.05) is 42.9 Å². The molecule has 1 heterocycles. The Balaban J connectivity index is 1.42. The van der Waals surface area contributed by atoms with Gasteiger partial charge < -0.3 is 20.4 Å². The standard InChI is InChI=1S/C21H26N4O2/c1-17(26)23-19-7-9-20(10-8-19)24-13-15-25(16-14-24)21(27)22-12-11-18-5-3-2-4-6-18/h2-10H,11-16H2,1H3,(H,22,27)(H,23,26). The Labute approximate surface area is 160 Å². The summed E-state index contributed by atoms with van der Waals surface area (Å²) in [5, 5.41) is 5.78. The van der Waals surface area contributed by atoms with Gasteiger partial charge in [0.1, 0.15) is 0 Å². The summed E-state index contributed by atoms with van der Waals surface area (Å²) in [4.78, 5) is 27.5. The summed E-state index contributed by atoms with van der Waals surface area (Å²) in [5.41, 5.74) is 3.13. The fraction of sp³-hybridized carbons (Fsp3) is 0.333. The van der Waals surface area contributed by atoms with E-state index in [0.717, 1.165) is 30.9 Å². The number of hydrogen-bond donors (Lipinski definition) is 2. The van der Waals surface area contributed by atoms with Crippen LogP contribution in [0.15, 0.2) is 54.6 Å². The van der Waals surface area contributed by atoms with Crippen LogP contribution >= 0.6 is 0 Å². The number of nitrogens with one attached hydrogen (secondary N) is 2. The van der Waals surface area contributed by atoms with E-state index in [0.29, 0.717) is 19.6 Å². The highest BCUT2D eigenvalue weighted by atomic mass is 16.2. The number of amides is 3. The number of nitrogens with zero attached hydrogens (tertiary/aromatic N) is 2. The van der Waals surface area contributed by atoms with Crippen LogP contribution in [0.4, 0.5) is 16.2 Å². The first-order valence-electron chi connectivity index (χ1n) is 9.31. The Bertz CT molecular complexity index is 754. The molecule has 0 aliphatic carbocycles. The van der Waals surface area contributed by atoms with E-state index >= 15 is 0 Å². The molecule has 0 saturated carbocycles. The van der Waals surface area contributed by atoms with E-state index in [9.17, 15) is 9.59 Å². The number of rotatable bonds is 5. The monoisotopic (exact) mass is 366 g/mol. The first-order chi connectivity index (χ1) is 13.1. The number of carbonyl (C=O) groups is 2. The fourth-order valence-electron chi connectivity index (χ4n) is 3.20. The number of carbonyl (C=O) groups excluding carboxylic acids is 2. The van der Waals surface area contributed by atoms with Crippen molar-refractivity contribution in [3.63, 3.8) is 0 Å². The normalized spacial score (nSPS) is 14.0. The number of hydrogen-bond acceptors (Lipinski definition) is 3. The van der Waals surface area contributed by atoms with Gasteiger partial charge in [-0.15, -0.1) is 0 Å². The second kappa shape index (κ2) is 9.07. The molecule has 0 aromatic heterocycles. The second-order valence-electron chi connectivity index (χ2n) is 6.67. The van der Waals surface area contributed by atoms with Crippen LogP contribution in [0.1, 0.15) is 12.5 Å². The Kier molecular flexibility index (Phi) is 6.30. The Hall–Kier alpha value is -3.02. The zero-order valence-electron chi connectivity index (χ0n) is 15.6. The molecule has 1 aliphatic rings. The van der Waals surface area contributed by atoms with Gasteiger partial charge in [-0.3, -0.25) is 4.79 Å². The summed E-state index contributed by atoms with van der Waals surface area (Å²) in [6, 6.07) is 18.0. The van der Waals surface area contributed by atoms with Crippen molar-refractivity contribution >= 4 is 23.3 Å². The topological polar surface area (TPSA) is 64.7 Å². The molecule has 0 unspecified atom stereocenters. The van der Waals surface area contributed by atoms with Crippen molar-refractivity contribution in [2.45, 2.75) is 13.3 Å². The van der Waals surface area contributed by atoms with Crippen molar-refractivity contribution in [1.82, 2.24) is 10.2 Å². The van der Waals surface area contributed by atoms with Gasteiger partial charge in [0.15, 0.2) is 0 Å². The van der Waals surface area contributed by atoms with E-state index in [1.165, 1.54) is 12.5 Å². The van der Waals surface area contributed by atoms with Gasteiger partial charge in [0.2, 0.25) is 5.91 Å². The van der Waals surface area contributed by atoms with Crippen LogP contribution in [0.2, 0.25) is 0 Å². The van der Waals surface area contributed by atoms with Gasteiger partial charge in [-0.1, -0.05) is 30.3 Å². The van der Waals surface area contributed by atoms with Crippen molar-refractivity contribution in [2.24, 2.45) is 0 Å². The molecule has 6 heteroatoms. The third kappa shape index (κ3) is 5.48. The third-order valence-corrected chi connectivity index (χ3v) is 4.65. The van der Waals surface area contributed by atoms with Gasteiger partial charge in [-0.05, 0) is 36.2 Å². The SMILES string of the molecule is CC(=O)Nc1ccc(N2CCN(C(=O)NCCc3ccccc3)CC2)cc1. The minimum Gasteiger partial charge on any atom is -0.368 e. The maximum atomic E-state index is 12.3. The molecule has 2 aromatic carbocycles. The van der Waals surface area contributed by atoms with Crippen molar-refractivity contribution in [3.8, 4) is 0 Å². The predicted molar refractivity (Wildman–Crippen MR) is 108 cm³/mol. The molecule has 3 amide bonds. The summed E-state index contributed by atoms with van der Waals surface area (Å²) < 4.78 is 0. The van der Waals surface area contributed by atoms with Crippen LogP contribution in [0.25, 0.3) is 0 Å². The number of piperazine rings is 1. The molecular formula is C21H26N4O2. The summed E-state index contributed by atoms with van der Waals surface area (Å²) in [5.74, 6) is -0.0744. The van der Waals surface area contributed by atoms with Gasteiger partial charge in [0, 0.05) is 51.0 Å². The predicted octanol–water partition coefficient (Wildman–Crippen LogP) is 2.72. The molecule has 142 valence electrons. The minimum absolute atomic E-state index is 0.00610. The molecule has 0 radical (unpaired) electrons. The maximum Gasteiger partial charge on any atom is 0.317 e. The van der Waals surface area contributed by atoms with Gasteiger partial charge in [-0.2, -0.15) is 0 Å². The molecule has 3 rings (SSSR count). The van der Waals surface area contributed by atoms with Crippen LogP contribution < -0.4 is 15.5 Å². The zero-order valence-corrected chi connectivity index (χ0v) is 15.6. The van der Waals surface area contributed by atoms with Crippen molar-refractivity contribution in [3.05, 3.63) is 60.2 Å². The molecule has 0 bridgehead atoms. The van der Waals surface area contributed by atoms with Crippen LogP contribution in [0, 0.1) is 0 Å². The molecule has 1 fully saturated rings. The number of urea groups is 1. The van der Waals surface area contributed by atoms with Crippen molar-refractivity contribution < 1.29 is 9.59 Å². The maximum absolute atomic E-state index is 12.3. The van der Waals surface area contributed by atoms with E-state index < -0.39 is 0 Å². The lowest BCUT2D eigenvalue weighted by atomic mass is 10.1. The van der Waals surface area contributed by atoms with Gasteiger partial charge in [0.05, 0.1) is 0 Å². The molecule has 1 aliphatic heterocycles. The molecular weight excluding hydrogens is 340 g/mol. The van der Waals surface area contributed by atoms with E-state index in [1.807, 2.05) is 47.4 Å². The van der Waals surface area contributed by atoms with E-state index in [2.05, 4.69) is 27.7 Å². The molecule has 1 saturated heterocycles. The van der Waals surface area contributed by atoms with E-state index in [-0.39, 0.29) is 11.9 Å². The van der Waals surface area contributed by atoms with Crippen LogP contribution in [-0.4, -0.2) is 49.6 Å². The largest absolute Gasteiger partial charge is 0.368 e. The molecule has 2 aromatic rings. The van der Waals surface area contributed by atoms with Gasteiger partial charge in [0.25, 0.3) is 0 Å². The van der Waals surface area contributed by atoms with Gasteiger partial charge >= 0.3 is 6.03 Å². The van der Waals surface area contributed by atoms with E-state index in [4.69, 9.17) is 0 Å². The average molecular weight is 366 g/mol. The number of anilines is 2. The minimum atomic E-state index is -0.0744. The van der Waals surface area contributed by atoms with E-state index in [1.54, 1.807) is 0 Å². The molecule has 27 heavy (non-hydrogen) atoms. The molecule has 0 atom stereocenters. The average Bonchev–Trinajstić information content (AvgIpc) is 2.69. The summed E-state index contributed by atoms with van der Waals surface area (Å²) in [6.07, 6.45) is 0.840. The highest BCUT2D eigenvalue weighted by molar-refractivity contribution is 5.88. The highest BCUT2D eigenvalue weighted by Gasteiger charge is 2.21. The second-order valence-corrected chi connectivity index (χ2v) is 6.67. The molecule has 0 spiro atoms. The fourth-order valence-corrected chi connectivity index (χ4v) is 3.20. The number of benzene rings is 2. The Morgan fingerprint density at radius 2 is 1.59 bits per heavy atom. The third-order valence-electron chi connectivity index (χ3n) is 4.65. The van der Waals surface area contributed by atoms with Crippen molar-refractivity contribution in [1.29, 1.82) is 0 Å². The lowest BCUT2D eigenvalue weighted by Crippen LogP contribution is -2.52. The van der Waals surface area contributed by atoms with Crippen LogP contribution in [-0.2, 0) is 11.2 Å². The first-order valence-corrected chi connectivity index (χ1v) is 9.31. The lowest BCUT2D eigenvalue weighted by Gasteiger charge is -2.36. The Morgan fingerprint density at radius 1 is 0.926 bits per heavy atom. The smallest absolute Gasteiger partial charge is 0.317 e. The zero-order chi connectivity index (χ0) is 19.1. The summed E-state index contributed by atoms with van der Waals surface area (Å²) in [7, 11) is 0. The quantitative estimate of drug-likeness (QED) is 0.855. The summed E-state index contributed by atoms with van der Waals surface area (Å²) >= 11 is 0. The van der Waals surface area contributed by atoms with Gasteiger partial charge in [-0.25, -0.2) is 4.79 Å². The Morgan fingerprint density at radius 3 is 2.22 bits per heavy atom. The van der Waals surface area contributed by atoms with Crippen LogP contribution in [0.5, 0.6) is 0 Å². The molecule has 6 nitrogen and oxygen atoms in total. The lowest BCUT2D eigenvalue weighted by molar-refractivity contribution is -0.114. The molecule has 2 N–H and O–H groups in total. The first kappa shape index (κ1) is 18.8. The summed E-state index contributed by atoms with van der Waals surface area (Å²) in [6.45, 7) is 5.14.